The normalized spacial score (nSPS) is 12.7. The molecule has 16 heavy (non-hydrogen) atoms. The maximum atomic E-state index is 9.38. The van der Waals surface area contributed by atoms with Gasteiger partial charge in [-0.2, -0.15) is 0 Å². The summed E-state index contributed by atoms with van der Waals surface area (Å²) in [6.45, 7) is 4.02. The summed E-state index contributed by atoms with van der Waals surface area (Å²) in [7, 11) is 0. The van der Waals surface area contributed by atoms with Crippen molar-refractivity contribution >= 4 is 0 Å². The van der Waals surface area contributed by atoms with E-state index in [1.165, 1.54) is 0 Å². The summed E-state index contributed by atoms with van der Waals surface area (Å²) in [5, 5.41) is 9.38. The molecule has 0 spiro atoms. The number of aromatic nitrogens is 3. The Morgan fingerprint density at radius 3 is 2.94 bits per heavy atom. The lowest BCUT2D eigenvalue weighted by molar-refractivity contribution is 0.279. The highest BCUT2D eigenvalue weighted by Gasteiger charge is 2.15. The van der Waals surface area contributed by atoms with Gasteiger partial charge < -0.3 is 10.1 Å². The van der Waals surface area contributed by atoms with Gasteiger partial charge in [-0.05, 0) is 18.6 Å². The van der Waals surface area contributed by atoms with Crippen LogP contribution in [0.25, 0.3) is 0 Å². The largest absolute Gasteiger partial charge is 0.392 e. The van der Waals surface area contributed by atoms with Crippen molar-refractivity contribution in [2.24, 2.45) is 0 Å². The van der Waals surface area contributed by atoms with E-state index in [0.29, 0.717) is 0 Å². The minimum absolute atomic E-state index is 0.0213. The van der Waals surface area contributed by atoms with Gasteiger partial charge in [-0.25, -0.2) is 4.98 Å². The monoisotopic (exact) mass is 217 g/mol. The number of rotatable bonds is 3. The fourth-order valence-corrected chi connectivity index (χ4v) is 1.90. The van der Waals surface area contributed by atoms with Gasteiger partial charge in [-0.1, -0.05) is 6.92 Å². The summed E-state index contributed by atoms with van der Waals surface area (Å²) in [6, 6.07) is 1.95. The number of hydrogen-bond acceptors (Lipinski definition) is 3. The Morgan fingerprint density at radius 2 is 2.31 bits per heavy atom. The molecule has 0 radical (unpaired) electrons. The molecule has 4 heteroatoms. The third kappa shape index (κ3) is 1.84. The highest BCUT2D eigenvalue weighted by atomic mass is 16.3. The van der Waals surface area contributed by atoms with Crippen molar-refractivity contribution < 1.29 is 5.11 Å². The number of aliphatic hydroxyl groups is 1. The van der Waals surface area contributed by atoms with E-state index in [-0.39, 0.29) is 12.5 Å². The third-order valence-corrected chi connectivity index (χ3v) is 2.92. The molecular formula is C12H15N3O. The van der Waals surface area contributed by atoms with Crippen LogP contribution in [-0.4, -0.2) is 20.1 Å². The van der Waals surface area contributed by atoms with Crippen molar-refractivity contribution in [2.75, 3.05) is 0 Å². The second kappa shape index (κ2) is 4.45. The fourth-order valence-electron chi connectivity index (χ4n) is 1.90. The first-order chi connectivity index (χ1) is 7.74. The molecule has 84 valence electrons. The van der Waals surface area contributed by atoms with Gasteiger partial charge in [0.15, 0.2) is 0 Å². The van der Waals surface area contributed by atoms with Crippen molar-refractivity contribution in [1.82, 2.24) is 15.0 Å². The Labute approximate surface area is 94.4 Å². The molecule has 2 aromatic heterocycles. The van der Waals surface area contributed by atoms with Crippen LogP contribution < -0.4 is 0 Å². The van der Waals surface area contributed by atoms with Crippen molar-refractivity contribution in [3.8, 4) is 0 Å². The van der Waals surface area contributed by atoms with Crippen LogP contribution >= 0.6 is 0 Å². The standard InChI is InChI=1S/C12H15N3O/c1-8(12-5-13-7-15-12)10-3-4-14-9(2)11(10)6-16/h3-5,7-8,16H,6H2,1-2H3,(H,13,15)/t8-/m1/s1. The average molecular weight is 217 g/mol. The molecule has 0 saturated carbocycles. The Hall–Kier alpha value is -1.68. The van der Waals surface area contributed by atoms with E-state index in [2.05, 4.69) is 21.9 Å². The lowest BCUT2D eigenvalue weighted by Gasteiger charge is -2.15. The molecule has 0 aliphatic carbocycles. The number of aliphatic hydroxyl groups excluding tert-OH is 1. The van der Waals surface area contributed by atoms with Crippen molar-refractivity contribution in [3.63, 3.8) is 0 Å². The van der Waals surface area contributed by atoms with Gasteiger partial charge in [0.1, 0.15) is 0 Å². The summed E-state index contributed by atoms with van der Waals surface area (Å²) in [4.78, 5) is 11.3. The molecule has 4 nitrogen and oxygen atoms in total. The van der Waals surface area contributed by atoms with E-state index < -0.39 is 0 Å². The molecule has 2 heterocycles. The number of aryl methyl sites for hydroxylation is 1. The van der Waals surface area contributed by atoms with E-state index in [1.54, 1.807) is 12.5 Å². The number of nitrogens with zero attached hydrogens (tertiary/aromatic N) is 2. The highest BCUT2D eigenvalue weighted by Crippen LogP contribution is 2.26. The summed E-state index contributed by atoms with van der Waals surface area (Å²) >= 11 is 0. The predicted octanol–water partition coefficient (Wildman–Crippen LogP) is 1.76. The van der Waals surface area contributed by atoms with Crippen molar-refractivity contribution in [2.45, 2.75) is 26.4 Å². The van der Waals surface area contributed by atoms with Crippen LogP contribution in [0.2, 0.25) is 0 Å². The van der Waals surface area contributed by atoms with Gasteiger partial charge >= 0.3 is 0 Å². The van der Waals surface area contributed by atoms with Crippen LogP contribution in [0.3, 0.4) is 0 Å². The zero-order valence-corrected chi connectivity index (χ0v) is 9.44. The maximum absolute atomic E-state index is 9.38. The zero-order valence-electron chi connectivity index (χ0n) is 9.44. The van der Waals surface area contributed by atoms with E-state index in [9.17, 15) is 5.11 Å². The van der Waals surface area contributed by atoms with Crippen LogP contribution in [0.5, 0.6) is 0 Å². The summed E-state index contributed by atoms with van der Waals surface area (Å²) in [6.07, 6.45) is 5.25. The number of aromatic amines is 1. The Kier molecular flexibility index (Phi) is 3.01. The molecule has 2 rings (SSSR count). The zero-order chi connectivity index (χ0) is 11.5. The van der Waals surface area contributed by atoms with Crippen molar-refractivity contribution in [3.05, 3.63) is 47.3 Å². The molecule has 0 aliphatic heterocycles. The second-order valence-corrected chi connectivity index (χ2v) is 3.85. The molecule has 2 aromatic rings. The molecular weight excluding hydrogens is 202 g/mol. The Balaban J connectivity index is 2.44. The van der Waals surface area contributed by atoms with Gasteiger partial charge in [0, 0.05) is 35.3 Å². The van der Waals surface area contributed by atoms with Crippen LogP contribution in [-0.2, 0) is 6.61 Å². The quantitative estimate of drug-likeness (QED) is 0.823. The Bertz CT molecular complexity index is 465. The van der Waals surface area contributed by atoms with Gasteiger partial charge in [0.25, 0.3) is 0 Å². The molecule has 1 atom stereocenters. The summed E-state index contributed by atoms with van der Waals surface area (Å²) in [5.74, 6) is 0.186. The van der Waals surface area contributed by atoms with Crippen LogP contribution in [0, 0.1) is 6.92 Å². The lowest BCUT2D eigenvalue weighted by atomic mass is 9.93. The predicted molar refractivity (Wildman–Crippen MR) is 61.0 cm³/mol. The summed E-state index contributed by atoms with van der Waals surface area (Å²) < 4.78 is 0. The minimum Gasteiger partial charge on any atom is -0.392 e. The Morgan fingerprint density at radius 1 is 1.50 bits per heavy atom. The molecule has 2 N–H and O–H groups in total. The van der Waals surface area contributed by atoms with Gasteiger partial charge in [0.05, 0.1) is 12.9 Å². The topological polar surface area (TPSA) is 61.8 Å². The number of H-pyrrole nitrogens is 1. The molecule has 0 aliphatic rings. The minimum atomic E-state index is 0.0213. The number of pyridine rings is 1. The molecule has 0 aromatic carbocycles. The van der Waals surface area contributed by atoms with E-state index in [1.807, 2.05) is 19.2 Å². The number of nitrogens with one attached hydrogen (secondary N) is 1. The SMILES string of the molecule is Cc1nccc([C@@H](C)c2cnc[nH]2)c1CO. The van der Waals surface area contributed by atoms with Crippen LogP contribution in [0.1, 0.15) is 35.4 Å². The second-order valence-electron chi connectivity index (χ2n) is 3.85. The maximum Gasteiger partial charge on any atom is 0.0921 e. The lowest BCUT2D eigenvalue weighted by Crippen LogP contribution is -2.04. The first-order valence-electron chi connectivity index (χ1n) is 5.27. The van der Waals surface area contributed by atoms with E-state index >= 15 is 0 Å². The van der Waals surface area contributed by atoms with Crippen molar-refractivity contribution in [1.29, 1.82) is 0 Å². The molecule has 0 unspecified atom stereocenters. The van der Waals surface area contributed by atoms with E-state index in [4.69, 9.17) is 0 Å². The fraction of sp³-hybridized carbons (Fsp3) is 0.333. The van der Waals surface area contributed by atoms with Crippen LogP contribution in [0.15, 0.2) is 24.8 Å². The summed E-state index contributed by atoms with van der Waals surface area (Å²) in [5.41, 5.74) is 3.93. The first-order valence-corrected chi connectivity index (χ1v) is 5.27. The average Bonchev–Trinajstić information content (AvgIpc) is 2.81. The molecule has 0 fully saturated rings. The third-order valence-electron chi connectivity index (χ3n) is 2.92. The smallest absolute Gasteiger partial charge is 0.0921 e. The first kappa shape index (κ1) is 10.8. The van der Waals surface area contributed by atoms with Gasteiger partial charge in [0.2, 0.25) is 0 Å². The number of hydrogen-bond donors (Lipinski definition) is 2. The van der Waals surface area contributed by atoms with Crippen LogP contribution in [0.4, 0.5) is 0 Å². The van der Waals surface area contributed by atoms with Gasteiger partial charge in [-0.15, -0.1) is 0 Å². The van der Waals surface area contributed by atoms with E-state index in [0.717, 1.165) is 22.5 Å². The highest BCUT2D eigenvalue weighted by molar-refractivity contribution is 5.35. The molecule has 0 saturated heterocycles. The molecule has 0 bridgehead atoms. The number of imidazole rings is 1. The molecule has 0 amide bonds. The van der Waals surface area contributed by atoms with Gasteiger partial charge in [-0.3, -0.25) is 4.98 Å².